The third-order valence-electron chi connectivity index (χ3n) is 2.97. The molecule has 0 spiro atoms. The quantitative estimate of drug-likeness (QED) is 0.777. The molecule has 1 aromatic carbocycles. The Bertz CT molecular complexity index is 540. The Morgan fingerprint density at radius 2 is 2.13 bits per heavy atom. The molecule has 0 radical (unpaired) electrons. The lowest BCUT2D eigenvalue weighted by Crippen LogP contribution is -1.84. The first-order valence-electron chi connectivity index (χ1n) is 5.23. The van der Waals surface area contributed by atoms with E-state index >= 15 is 0 Å². The number of aromatic nitrogens is 1. The number of rotatable bonds is 1. The van der Waals surface area contributed by atoms with E-state index in [1.54, 1.807) is 0 Å². The molecule has 1 fully saturated rings. The van der Waals surface area contributed by atoms with Crippen molar-refractivity contribution < 1.29 is 4.42 Å². The van der Waals surface area contributed by atoms with E-state index in [4.69, 9.17) is 4.42 Å². The van der Waals surface area contributed by atoms with E-state index in [1.165, 1.54) is 24.0 Å². The molecule has 0 aliphatic heterocycles. The van der Waals surface area contributed by atoms with Gasteiger partial charge in [0, 0.05) is 10.4 Å². The molecule has 0 unspecified atom stereocenters. The van der Waals surface area contributed by atoms with Crippen LogP contribution in [0.15, 0.2) is 15.0 Å². The Balaban J connectivity index is 2.29. The smallest absolute Gasteiger partial charge is 0.198 e. The van der Waals surface area contributed by atoms with Crippen molar-refractivity contribution in [3.8, 4) is 0 Å². The second-order valence-electron chi connectivity index (χ2n) is 4.31. The highest BCUT2D eigenvalue weighted by atomic mass is 79.9. The van der Waals surface area contributed by atoms with Crippen LogP contribution in [0.25, 0.3) is 11.1 Å². The summed E-state index contributed by atoms with van der Waals surface area (Å²) < 4.78 is 6.92. The molecule has 1 aromatic heterocycles. The molecule has 15 heavy (non-hydrogen) atoms. The summed E-state index contributed by atoms with van der Waals surface area (Å²) in [5, 5.41) is 0. The Labute approximate surface area is 96.8 Å². The fourth-order valence-electron chi connectivity index (χ4n) is 1.88. The van der Waals surface area contributed by atoms with E-state index < -0.39 is 0 Å². The lowest BCUT2D eigenvalue weighted by molar-refractivity contribution is 0.533. The maximum Gasteiger partial charge on any atom is 0.198 e. The van der Waals surface area contributed by atoms with Crippen LogP contribution in [0.5, 0.6) is 0 Å². The van der Waals surface area contributed by atoms with Gasteiger partial charge in [-0.25, -0.2) is 4.98 Å². The van der Waals surface area contributed by atoms with Gasteiger partial charge in [0.15, 0.2) is 11.5 Å². The number of fused-ring (bicyclic) bond motifs is 1. The zero-order valence-corrected chi connectivity index (χ0v) is 10.4. The lowest BCUT2D eigenvalue weighted by atomic mass is 10.1. The van der Waals surface area contributed by atoms with Crippen molar-refractivity contribution in [2.45, 2.75) is 32.6 Å². The minimum atomic E-state index is 0.580. The standard InChI is InChI=1S/C12H12BrNO/c1-6-5-9-11(7(2)10(6)13)14-12(15-9)8-3-4-8/h5,8H,3-4H2,1-2H3. The molecule has 1 heterocycles. The third kappa shape index (κ3) is 1.41. The molecule has 1 aliphatic rings. The van der Waals surface area contributed by atoms with E-state index in [0.29, 0.717) is 5.92 Å². The molecule has 2 aromatic rings. The fourth-order valence-corrected chi connectivity index (χ4v) is 2.18. The topological polar surface area (TPSA) is 26.0 Å². The van der Waals surface area contributed by atoms with Gasteiger partial charge >= 0.3 is 0 Å². The molecular weight excluding hydrogens is 254 g/mol. The molecule has 0 amide bonds. The summed E-state index contributed by atoms with van der Waals surface area (Å²) in [6.45, 7) is 4.16. The second kappa shape index (κ2) is 3.08. The van der Waals surface area contributed by atoms with Crippen LogP contribution in [-0.2, 0) is 0 Å². The van der Waals surface area contributed by atoms with E-state index in [-0.39, 0.29) is 0 Å². The fraction of sp³-hybridized carbons (Fsp3) is 0.417. The first kappa shape index (κ1) is 9.40. The molecule has 1 saturated carbocycles. The van der Waals surface area contributed by atoms with Gasteiger partial charge < -0.3 is 4.42 Å². The minimum absolute atomic E-state index is 0.580. The number of oxazole rings is 1. The van der Waals surface area contributed by atoms with Crippen molar-refractivity contribution in [2.75, 3.05) is 0 Å². The predicted molar refractivity (Wildman–Crippen MR) is 63.2 cm³/mol. The average Bonchev–Trinajstić information content (AvgIpc) is 2.97. The summed E-state index contributed by atoms with van der Waals surface area (Å²) in [6, 6.07) is 2.06. The van der Waals surface area contributed by atoms with Crippen molar-refractivity contribution in [3.63, 3.8) is 0 Å². The number of nitrogens with zero attached hydrogens (tertiary/aromatic N) is 1. The highest BCUT2D eigenvalue weighted by molar-refractivity contribution is 9.10. The Hall–Kier alpha value is -0.830. The first-order chi connectivity index (χ1) is 7.16. The number of hydrogen-bond donors (Lipinski definition) is 0. The van der Waals surface area contributed by atoms with Gasteiger partial charge in [-0.1, -0.05) is 15.9 Å². The van der Waals surface area contributed by atoms with Crippen LogP contribution in [0.3, 0.4) is 0 Å². The monoisotopic (exact) mass is 265 g/mol. The first-order valence-corrected chi connectivity index (χ1v) is 6.02. The van der Waals surface area contributed by atoms with E-state index in [9.17, 15) is 0 Å². The normalized spacial score (nSPS) is 16.2. The van der Waals surface area contributed by atoms with Gasteiger partial charge in [-0.05, 0) is 43.9 Å². The second-order valence-corrected chi connectivity index (χ2v) is 5.10. The summed E-state index contributed by atoms with van der Waals surface area (Å²) >= 11 is 3.58. The minimum Gasteiger partial charge on any atom is -0.440 e. The molecule has 0 bridgehead atoms. The molecule has 1 aliphatic carbocycles. The van der Waals surface area contributed by atoms with Gasteiger partial charge in [0.1, 0.15) is 5.52 Å². The number of aryl methyl sites for hydroxylation is 2. The van der Waals surface area contributed by atoms with Crippen LogP contribution in [0, 0.1) is 13.8 Å². The van der Waals surface area contributed by atoms with E-state index in [2.05, 4.69) is 40.8 Å². The summed E-state index contributed by atoms with van der Waals surface area (Å²) in [5.74, 6) is 1.50. The maximum absolute atomic E-state index is 5.78. The average molecular weight is 266 g/mol. The number of benzene rings is 1. The third-order valence-corrected chi connectivity index (χ3v) is 4.19. The van der Waals surface area contributed by atoms with Crippen LogP contribution in [0.1, 0.15) is 35.8 Å². The molecule has 78 valence electrons. The van der Waals surface area contributed by atoms with Gasteiger partial charge in [-0.2, -0.15) is 0 Å². The van der Waals surface area contributed by atoms with Gasteiger partial charge in [-0.15, -0.1) is 0 Å². The van der Waals surface area contributed by atoms with E-state index in [1.807, 2.05) is 0 Å². The van der Waals surface area contributed by atoms with Crippen LogP contribution < -0.4 is 0 Å². The largest absolute Gasteiger partial charge is 0.440 e. The van der Waals surface area contributed by atoms with E-state index in [0.717, 1.165) is 21.5 Å². The summed E-state index contributed by atoms with van der Waals surface area (Å²) in [7, 11) is 0. The van der Waals surface area contributed by atoms with Crippen LogP contribution in [0.4, 0.5) is 0 Å². The molecule has 0 saturated heterocycles. The molecule has 2 nitrogen and oxygen atoms in total. The highest BCUT2D eigenvalue weighted by Gasteiger charge is 2.29. The van der Waals surface area contributed by atoms with Crippen LogP contribution >= 0.6 is 15.9 Å². The Morgan fingerprint density at radius 3 is 2.80 bits per heavy atom. The van der Waals surface area contributed by atoms with Crippen molar-refractivity contribution in [1.29, 1.82) is 0 Å². The molecule has 3 rings (SSSR count). The molecule has 0 N–H and O–H groups in total. The zero-order chi connectivity index (χ0) is 10.6. The van der Waals surface area contributed by atoms with Crippen molar-refractivity contribution >= 4 is 27.0 Å². The molecular formula is C12H12BrNO. The van der Waals surface area contributed by atoms with Gasteiger partial charge in [-0.3, -0.25) is 0 Å². The summed E-state index contributed by atoms with van der Waals surface area (Å²) in [6.07, 6.45) is 2.46. The van der Waals surface area contributed by atoms with Crippen molar-refractivity contribution in [2.24, 2.45) is 0 Å². The lowest BCUT2D eigenvalue weighted by Gasteiger charge is -2.01. The van der Waals surface area contributed by atoms with Gasteiger partial charge in [0.05, 0.1) is 0 Å². The van der Waals surface area contributed by atoms with Crippen molar-refractivity contribution in [3.05, 3.63) is 27.6 Å². The predicted octanol–water partition coefficient (Wildman–Crippen LogP) is 4.08. The zero-order valence-electron chi connectivity index (χ0n) is 8.80. The maximum atomic E-state index is 5.78. The highest BCUT2D eigenvalue weighted by Crippen LogP contribution is 2.41. The van der Waals surface area contributed by atoms with Crippen LogP contribution in [0.2, 0.25) is 0 Å². The number of halogens is 1. The summed E-state index contributed by atoms with van der Waals surface area (Å²) in [5.41, 5.74) is 4.32. The molecule has 3 heteroatoms. The SMILES string of the molecule is Cc1cc2oc(C3CC3)nc2c(C)c1Br. The van der Waals surface area contributed by atoms with Gasteiger partial charge in [0.2, 0.25) is 0 Å². The Kier molecular flexibility index (Phi) is 1.93. The number of hydrogen-bond acceptors (Lipinski definition) is 2. The summed E-state index contributed by atoms with van der Waals surface area (Å²) in [4.78, 5) is 4.58. The Morgan fingerprint density at radius 1 is 1.40 bits per heavy atom. The van der Waals surface area contributed by atoms with Crippen LogP contribution in [-0.4, -0.2) is 4.98 Å². The molecule has 0 atom stereocenters. The van der Waals surface area contributed by atoms with Crippen molar-refractivity contribution in [1.82, 2.24) is 4.98 Å². The van der Waals surface area contributed by atoms with Gasteiger partial charge in [0.25, 0.3) is 0 Å².